The van der Waals surface area contributed by atoms with Gasteiger partial charge in [-0.1, -0.05) is 0 Å². The van der Waals surface area contributed by atoms with E-state index in [1.807, 2.05) is 0 Å². The minimum absolute atomic E-state index is 0.746. The fraction of sp³-hybridized carbons (Fsp3) is 1.00. The molecular weight excluding hydrogens is 397 g/mol. The molecule has 11 atom stereocenters. The van der Waals surface area contributed by atoms with Crippen molar-refractivity contribution in [2.45, 2.75) is 67.3 Å². The van der Waals surface area contributed by atoms with Gasteiger partial charge in [0.05, 0.1) is 12.6 Å². The second-order valence-electron chi connectivity index (χ2n) is 6.41. The average Bonchev–Trinajstić information content (AvgIpc) is 2.60. The summed E-state index contributed by atoms with van der Waals surface area (Å²) in [5.74, 6) is 0. The maximum absolute atomic E-state index is 11.2. The Bertz CT molecular complexity index is 545. The molecule has 15 heteroatoms. The van der Waals surface area contributed by atoms with Gasteiger partial charge in [0.2, 0.25) is 0 Å². The molecule has 0 bridgehead atoms. The van der Waals surface area contributed by atoms with Crippen LogP contribution in [0, 0.1) is 0 Å². The highest BCUT2D eigenvalue weighted by atomic mass is 31.2. The Labute approximate surface area is 152 Å². The molecule has 0 spiro atoms. The summed E-state index contributed by atoms with van der Waals surface area (Å²) >= 11 is 0. The molecule has 160 valence electrons. The Morgan fingerprint density at radius 2 is 1.37 bits per heavy atom. The molecule has 2 rings (SSSR count). The predicted octanol–water partition coefficient (Wildman–Crippen LogP) is -5.93. The van der Waals surface area contributed by atoms with Crippen LogP contribution >= 0.6 is 7.82 Å². The van der Waals surface area contributed by atoms with E-state index in [1.54, 1.807) is 0 Å². The molecule has 0 unspecified atom stereocenters. The third kappa shape index (κ3) is 4.83. The minimum atomic E-state index is -5.24. The smallest absolute Gasteiger partial charge is 0.394 e. The Morgan fingerprint density at radius 3 is 1.85 bits per heavy atom. The molecule has 0 aromatic rings. The Morgan fingerprint density at radius 1 is 0.852 bits per heavy atom. The zero-order chi connectivity index (χ0) is 20.7. The van der Waals surface area contributed by atoms with Crippen molar-refractivity contribution in [3.05, 3.63) is 0 Å². The van der Waals surface area contributed by atoms with Crippen molar-refractivity contribution in [2.75, 3.05) is 6.61 Å². The SMILES string of the molecule is N[C@H]1[C@@H](O[C@@H]2[C@H](O)[C@@H](O)[C@H](O)[C@@H](O)[C@H]2OP(=O)(O)O)O[C@H](CO)[C@@H](O)[C@@H]1O. The first-order valence-corrected chi connectivity index (χ1v) is 9.41. The number of nitrogens with two attached hydrogens (primary N) is 1. The molecule has 1 saturated carbocycles. The predicted molar refractivity (Wildman–Crippen MR) is 81.6 cm³/mol. The Hall–Kier alpha value is -0.290. The Balaban J connectivity index is 2.27. The van der Waals surface area contributed by atoms with E-state index in [2.05, 4.69) is 4.52 Å². The molecular formula is C12H24NO13P. The van der Waals surface area contributed by atoms with Crippen LogP contribution in [0.1, 0.15) is 0 Å². The molecule has 1 heterocycles. The highest BCUT2D eigenvalue weighted by Gasteiger charge is 2.54. The van der Waals surface area contributed by atoms with E-state index in [-0.39, 0.29) is 0 Å². The van der Waals surface area contributed by atoms with Crippen molar-refractivity contribution in [2.24, 2.45) is 5.73 Å². The lowest BCUT2D eigenvalue weighted by molar-refractivity contribution is -0.315. The maximum Gasteiger partial charge on any atom is 0.470 e. The molecule has 0 aromatic heterocycles. The lowest BCUT2D eigenvalue weighted by Crippen LogP contribution is -2.68. The molecule has 27 heavy (non-hydrogen) atoms. The van der Waals surface area contributed by atoms with E-state index >= 15 is 0 Å². The van der Waals surface area contributed by atoms with Crippen LogP contribution in [0.3, 0.4) is 0 Å². The molecule has 11 N–H and O–H groups in total. The molecule has 14 nitrogen and oxygen atoms in total. The average molecular weight is 421 g/mol. The second kappa shape index (κ2) is 8.61. The maximum atomic E-state index is 11.2. The van der Waals surface area contributed by atoms with E-state index in [0.29, 0.717) is 0 Å². The van der Waals surface area contributed by atoms with Gasteiger partial charge in [-0.3, -0.25) is 4.52 Å². The van der Waals surface area contributed by atoms with Crippen LogP contribution in [0.5, 0.6) is 0 Å². The molecule has 0 amide bonds. The summed E-state index contributed by atoms with van der Waals surface area (Å²) in [6.07, 6.45) is -18.2. The van der Waals surface area contributed by atoms with Gasteiger partial charge in [0.1, 0.15) is 54.9 Å². The van der Waals surface area contributed by atoms with Gasteiger partial charge < -0.3 is 60.7 Å². The van der Waals surface area contributed by atoms with Crippen molar-refractivity contribution < 1.29 is 64.1 Å². The van der Waals surface area contributed by atoms with Crippen LogP contribution in [0.2, 0.25) is 0 Å². The molecule has 2 fully saturated rings. The molecule has 0 radical (unpaired) electrons. The summed E-state index contributed by atoms with van der Waals surface area (Å²) in [7, 11) is -5.24. The van der Waals surface area contributed by atoms with Crippen molar-refractivity contribution in [3.8, 4) is 0 Å². The van der Waals surface area contributed by atoms with Gasteiger partial charge in [-0.05, 0) is 0 Å². The van der Waals surface area contributed by atoms with Gasteiger partial charge in [0.15, 0.2) is 6.29 Å². The van der Waals surface area contributed by atoms with Crippen LogP contribution < -0.4 is 5.73 Å². The van der Waals surface area contributed by atoms with Gasteiger partial charge in [-0.25, -0.2) is 4.57 Å². The summed E-state index contributed by atoms with van der Waals surface area (Å²) in [6.45, 7) is -0.746. The van der Waals surface area contributed by atoms with Gasteiger partial charge in [-0.15, -0.1) is 0 Å². The first-order valence-electron chi connectivity index (χ1n) is 7.88. The standard InChI is InChI=1S/C12H24NO13P/c13-3-5(16)4(15)2(1-14)24-12(3)25-10-8(19)6(17)7(18)9(20)11(10)26-27(21,22)23/h2-12,14-20H,1,13H2,(H2,21,22,23)/t2-,3-,4-,5-,6+,7+,8-,9-,10-,11-,12-/m1/s1. The van der Waals surface area contributed by atoms with Crippen molar-refractivity contribution in [1.29, 1.82) is 0 Å². The number of rotatable bonds is 5. The van der Waals surface area contributed by atoms with Gasteiger partial charge in [0.25, 0.3) is 0 Å². The third-order valence-corrected chi connectivity index (χ3v) is 5.04. The topological polar surface area (TPSA) is 253 Å². The summed E-state index contributed by atoms with van der Waals surface area (Å²) in [6, 6.07) is -1.44. The van der Waals surface area contributed by atoms with Crippen molar-refractivity contribution in [3.63, 3.8) is 0 Å². The van der Waals surface area contributed by atoms with Crippen LogP contribution in [0.15, 0.2) is 0 Å². The van der Waals surface area contributed by atoms with Gasteiger partial charge in [0, 0.05) is 0 Å². The quantitative estimate of drug-likeness (QED) is 0.186. The molecule has 1 saturated heterocycles. The van der Waals surface area contributed by atoms with E-state index in [4.69, 9.17) is 25.0 Å². The zero-order valence-corrected chi connectivity index (χ0v) is 14.6. The number of hydrogen-bond donors (Lipinski definition) is 10. The van der Waals surface area contributed by atoms with Gasteiger partial charge in [-0.2, -0.15) is 0 Å². The van der Waals surface area contributed by atoms with Crippen LogP contribution in [0.4, 0.5) is 0 Å². The van der Waals surface area contributed by atoms with E-state index < -0.39 is 81.7 Å². The first kappa shape index (κ1) is 23.0. The van der Waals surface area contributed by atoms with E-state index in [0.717, 1.165) is 0 Å². The van der Waals surface area contributed by atoms with E-state index in [1.165, 1.54) is 0 Å². The summed E-state index contributed by atoms with van der Waals surface area (Å²) in [4.78, 5) is 18.0. The lowest BCUT2D eigenvalue weighted by atomic mass is 9.84. The van der Waals surface area contributed by atoms with Crippen molar-refractivity contribution in [1.82, 2.24) is 0 Å². The van der Waals surface area contributed by atoms with Crippen LogP contribution in [-0.4, -0.2) is 119 Å². The normalized spacial score (nSPS) is 49.2. The van der Waals surface area contributed by atoms with Gasteiger partial charge >= 0.3 is 7.82 Å². The number of phosphoric ester groups is 1. The first-order chi connectivity index (χ1) is 12.4. The highest BCUT2D eigenvalue weighted by molar-refractivity contribution is 7.46. The summed E-state index contributed by atoms with van der Waals surface area (Å²) < 4.78 is 26.0. The molecule has 1 aliphatic heterocycles. The lowest BCUT2D eigenvalue weighted by Gasteiger charge is -2.47. The van der Waals surface area contributed by atoms with Crippen molar-refractivity contribution >= 4 is 7.82 Å². The monoisotopic (exact) mass is 421 g/mol. The molecule has 1 aliphatic carbocycles. The highest BCUT2D eigenvalue weighted by Crippen LogP contribution is 2.42. The molecule has 2 aliphatic rings. The summed E-state index contributed by atoms with van der Waals surface area (Å²) in [5.41, 5.74) is 5.67. The van der Waals surface area contributed by atoms with Crippen LogP contribution in [0.25, 0.3) is 0 Å². The number of aliphatic hydroxyl groups is 7. The fourth-order valence-corrected chi connectivity index (χ4v) is 3.56. The van der Waals surface area contributed by atoms with Crippen LogP contribution in [-0.2, 0) is 18.6 Å². The van der Waals surface area contributed by atoms with E-state index in [9.17, 15) is 40.3 Å². The third-order valence-electron chi connectivity index (χ3n) is 4.53. The minimum Gasteiger partial charge on any atom is -0.394 e. The fourth-order valence-electron chi connectivity index (χ4n) is 3.00. The number of hydrogen-bond acceptors (Lipinski definition) is 12. The largest absolute Gasteiger partial charge is 0.470 e. The zero-order valence-electron chi connectivity index (χ0n) is 13.7. The number of phosphoric acid groups is 1. The second-order valence-corrected chi connectivity index (χ2v) is 7.60. The molecule has 0 aromatic carbocycles. The Kier molecular flexibility index (Phi) is 7.33. The number of ether oxygens (including phenoxy) is 2. The number of aliphatic hydroxyl groups excluding tert-OH is 7. The summed E-state index contributed by atoms with van der Waals surface area (Å²) in [5, 5.41) is 68.4.